The summed E-state index contributed by atoms with van der Waals surface area (Å²) in [5, 5.41) is 0. The van der Waals surface area contributed by atoms with Gasteiger partial charge in [-0.25, -0.2) is 0 Å². The molecule has 7 heteroatoms. The maximum absolute atomic E-state index is 12.8. The molecule has 246 valence electrons. The van der Waals surface area contributed by atoms with Gasteiger partial charge in [0.15, 0.2) is 6.29 Å². The molecule has 4 aromatic rings. The van der Waals surface area contributed by atoms with E-state index >= 15 is 0 Å². The van der Waals surface area contributed by atoms with Crippen molar-refractivity contribution in [3.8, 4) is 11.5 Å². The van der Waals surface area contributed by atoms with Crippen LogP contribution in [0.25, 0.3) is 11.1 Å². The van der Waals surface area contributed by atoms with Gasteiger partial charge < -0.3 is 14.2 Å². The molecule has 2 aliphatic rings. The van der Waals surface area contributed by atoms with Crippen LogP contribution in [-0.2, 0) is 17.3 Å². The molecule has 0 amide bonds. The molecule has 1 fully saturated rings. The molecule has 1 heterocycles. The Balaban J connectivity index is 1.08. The summed E-state index contributed by atoms with van der Waals surface area (Å²) in [6, 6.07) is 31.1. The van der Waals surface area contributed by atoms with Crippen molar-refractivity contribution in [2.45, 2.75) is 75.1 Å². The van der Waals surface area contributed by atoms with Crippen LogP contribution in [0.2, 0.25) is 0 Å². The van der Waals surface area contributed by atoms with Crippen molar-refractivity contribution >= 4 is 22.9 Å². The lowest BCUT2D eigenvalue weighted by atomic mass is 9.88. The normalized spacial score (nSPS) is 16.8. The van der Waals surface area contributed by atoms with E-state index in [1.807, 2.05) is 0 Å². The van der Waals surface area contributed by atoms with Gasteiger partial charge in [0.2, 0.25) is 0 Å². The predicted molar refractivity (Wildman–Crippen MR) is 184 cm³/mol. The van der Waals surface area contributed by atoms with Crippen LogP contribution in [0.5, 0.6) is 11.5 Å². The van der Waals surface area contributed by atoms with Gasteiger partial charge in [-0.1, -0.05) is 48.5 Å². The van der Waals surface area contributed by atoms with Crippen LogP contribution in [-0.4, -0.2) is 25.3 Å². The van der Waals surface area contributed by atoms with Gasteiger partial charge >= 0.3 is 6.18 Å². The average molecular weight is 659 g/mol. The summed E-state index contributed by atoms with van der Waals surface area (Å²) in [5.74, 6) is 2.59. The summed E-state index contributed by atoms with van der Waals surface area (Å²) < 4.78 is 56.5. The molecule has 0 saturated carbocycles. The van der Waals surface area contributed by atoms with Crippen molar-refractivity contribution in [3.05, 3.63) is 125 Å². The molecule has 47 heavy (non-hydrogen) atoms. The van der Waals surface area contributed by atoms with Gasteiger partial charge in [-0.05, 0) is 139 Å². The highest BCUT2D eigenvalue weighted by Crippen LogP contribution is 2.41. The van der Waals surface area contributed by atoms with Gasteiger partial charge in [-0.3, -0.25) is 0 Å². The van der Waals surface area contributed by atoms with Crippen LogP contribution in [0.1, 0.15) is 79.2 Å². The molecule has 3 nitrogen and oxygen atoms in total. The molecule has 1 aliphatic carbocycles. The van der Waals surface area contributed by atoms with E-state index in [1.54, 1.807) is 23.9 Å². The maximum Gasteiger partial charge on any atom is 0.416 e. The summed E-state index contributed by atoms with van der Waals surface area (Å²) in [4.78, 5) is 0.860. The van der Waals surface area contributed by atoms with Crippen molar-refractivity contribution in [2.24, 2.45) is 0 Å². The second-order valence-electron chi connectivity index (χ2n) is 12.1. The van der Waals surface area contributed by atoms with E-state index in [0.717, 1.165) is 98.7 Å². The second-order valence-corrected chi connectivity index (χ2v) is 13.3. The van der Waals surface area contributed by atoms with E-state index in [1.165, 1.54) is 33.4 Å². The highest BCUT2D eigenvalue weighted by molar-refractivity contribution is 7.99. The molecular formula is C40H41F3O3S. The minimum absolute atomic E-state index is 0.165. The first kappa shape index (κ1) is 33.2. The first-order valence-corrected chi connectivity index (χ1v) is 17.7. The lowest BCUT2D eigenvalue weighted by Crippen LogP contribution is -2.25. The fourth-order valence-corrected chi connectivity index (χ4v) is 7.18. The van der Waals surface area contributed by atoms with Gasteiger partial charge in [0.25, 0.3) is 0 Å². The van der Waals surface area contributed by atoms with Crippen molar-refractivity contribution < 1.29 is 27.4 Å². The highest BCUT2D eigenvalue weighted by Gasteiger charge is 2.30. The molecule has 1 saturated heterocycles. The Labute approximate surface area is 280 Å². The maximum atomic E-state index is 12.8. The lowest BCUT2D eigenvalue weighted by Gasteiger charge is -2.24. The molecule has 0 spiro atoms. The van der Waals surface area contributed by atoms with E-state index < -0.39 is 11.7 Å². The van der Waals surface area contributed by atoms with Crippen molar-refractivity contribution in [2.75, 3.05) is 19.0 Å². The van der Waals surface area contributed by atoms with E-state index in [0.29, 0.717) is 6.61 Å². The van der Waals surface area contributed by atoms with Gasteiger partial charge in [0.05, 0.1) is 18.8 Å². The Kier molecular flexibility index (Phi) is 11.3. The highest BCUT2D eigenvalue weighted by atomic mass is 32.2. The zero-order valence-electron chi connectivity index (χ0n) is 26.6. The number of thioether (sulfide) groups is 1. The average Bonchev–Trinajstić information content (AvgIpc) is 3.28. The number of allylic oxidation sites excluding steroid dienone is 1. The fourth-order valence-electron chi connectivity index (χ4n) is 6.27. The van der Waals surface area contributed by atoms with E-state index in [4.69, 9.17) is 14.2 Å². The molecule has 0 radical (unpaired) electrons. The molecule has 6 rings (SSSR count). The summed E-state index contributed by atoms with van der Waals surface area (Å²) in [7, 11) is 0. The van der Waals surface area contributed by atoms with Crippen molar-refractivity contribution in [1.82, 2.24) is 0 Å². The van der Waals surface area contributed by atoms with E-state index in [9.17, 15) is 13.2 Å². The predicted octanol–water partition coefficient (Wildman–Crippen LogP) is 11.2. The van der Waals surface area contributed by atoms with Gasteiger partial charge in [0.1, 0.15) is 11.5 Å². The Morgan fingerprint density at radius 2 is 1.53 bits per heavy atom. The third-order valence-corrected chi connectivity index (χ3v) is 9.80. The van der Waals surface area contributed by atoms with Crippen LogP contribution in [0.4, 0.5) is 13.2 Å². The number of aryl methyl sites for hydroxylation is 1. The van der Waals surface area contributed by atoms with Gasteiger partial charge in [-0.2, -0.15) is 13.2 Å². The summed E-state index contributed by atoms with van der Waals surface area (Å²) >= 11 is 1.59. The van der Waals surface area contributed by atoms with Crippen LogP contribution < -0.4 is 9.47 Å². The molecule has 1 atom stereocenters. The summed E-state index contributed by atoms with van der Waals surface area (Å²) in [6.45, 7) is 1.38. The van der Waals surface area contributed by atoms with Crippen LogP contribution in [0, 0.1) is 0 Å². The van der Waals surface area contributed by atoms with E-state index in [-0.39, 0.29) is 6.29 Å². The number of alkyl halides is 3. The first-order valence-electron chi connectivity index (χ1n) is 16.7. The minimum Gasteiger partial charge on any atom is -0.494 e. The van der Waals surface area contributed by atoms with Crippen LogP contribution >= 0.6 is 11.8 Å². The molecular weight excluding hydrogens is 617 g/mol. The monoisotopic (exact) mass is 658 g/mol. The Morgan fingerprint density at radius 3 is 2.28 bits per heavy atom. The number of fused-ring (bicyclic) bond motifs is 1. The Hall–Kier alpha value is -3.68. The quantitative estimate of drug-likeness (QED) is 0.112. The molecule has 1 unspecified atom stereocenters. The minimum atomic E-state index is -4.29. The fraction of sp³-hybridized carbons (Fsp3) is 0.350. The van der Waals surface area contributed by atoms with Gasteiger partial charge in [0, 0.05) is 11.3 Å². The number of halogens is 3. The zero-order chi connectivity index (χ0) is 32.5. The summed E-state index contributed by atoms with van der Waals surface area (Å²) in [6.07, 6.45) is 4.64. The van der Waals surface area contributed by atoms with Crippen LogP contribution in [0.3, 0.4) is 0 Å². The molecule has 0 aromatic heterocycles. The third kappa shape index (κ3) is 9.02. The largest absolute Gasteiger partial charge is 0.494 e. The summed E-state index contributed by atoms with van der Waals surface area (Å²) in [5.41, 5.74) is 6.99. The zero-order valence-corrected chi connectivity index (χ0v) is 27.4. The van der Waals surface area contributed by atoms with Crippen molar-refractivity contribution in [3.63, 3.8) is 0 Å². The second kappa shape index (κ2) is 15.9. The molecule has 0 N–H and O–H groups in total. The molecule has 1 aliphatic heterocycles. The van der Waals surface area contributed by atoms with E-state index in [2.05, 4.69) is 72.8 Å². The standard InChI is InChI=1S/C40H41F3O3S/c41-40(42,43)32-17-22-35(23-18-32)47-27-8-2-6-25-44-33-19-15-30(16-20-33)39-36(29-10-3-1-4-11-29)13-9-12-31-28-34(21-24-37(31)39)46-38-14-5-7-26-45-38/h1,3-4,10-11,15-24,28,38H,2,5-9,12-14,25-27H2. The number of hydrogen-bond donors (Lipinski definition) is 0. The Morgan fingerprint density at radius 1 is 0.745 bits per heavy atom. The Bertz CT molecular complexity index is 1610. The molecule has 0 bridgehead atoms. The SMILES string of the molecule is FC(F)(F)c1ccc(SCCCCCOc2ccc(C3=C(c4ccccc4)CCCc4cc(OC5CCCCO5)ccc43)cc2)cc1. The molecule has 4 aromatic carbocycles. The smallest absolute Gasteiger partial charge is 0.416 e. The number of rotatable bonds is 12. The van der Waals surface area contributed by atoms with Crippen molar-refractivity contribution in [1.29, 1.82) is 0 Å². The first-order chi connectivity index (χ1) is 22.9. The number of benzene rings is 4. The topological polar surface area (TPSA) is 27.7 Å². The number of hydrogen-bond acceptors (Lipinski definition) is 4. The number of unbranched alkanes of at least 4 members (excludes halogenated alkanes) is 2. The number of ether oxygens (including phenoxy) is 3. The third-order valence-electron chi connectivity index (χ3n) is 8.70. The van der Waals surface area contributed by atoms with Crippen LogP contribution in [0.15, 0.2) is 102 Å². The lowest BCUT2D eigenvalue weighted by molar-refractivity contribution is -0.137. The van der Waals surface area contributed by atoms with Gasteiger partial charge in [-0.15, -0.1) is 11.8 Å².